The topological polar surface area (TPSA) is 54.6 Å². The van der Waals surface area contributed by atoms with Crippen molar-refractivity contribution >= 4 is 34.6 Å². The number of allylic oxidation sites excluding steroid dienone is 2. The van der Waals surface area contributed by atoms with Gasteiger partial charge in [0.15, 0.2) is 5.17 Å². The van der Waals surface area contributed by atoms with E-state index in [9.17, 15) is 18.0 Å². The lowest BCUT2D eigenvalue weighted by molar-refractivity contribution is -0.137. The summed E-state index contributed by atoms with van der Waals surface area (Å²) in [5.41, 5.74) is -0.675. The Morgan fingerprint density at radius 1 is 1.20 bits per heavy atom. The zero-order valence-electron chi connectivity index (χ0n) is 12.6. The Hall–Kier alpha value is -2.74. The molecule has 0 bridgehead atoms. The molecule has 0 saturated carbocycles. The van der Waals surface area contributed by atoms with Gasteiger partial charge in [0.1, 0.15) is 5.76 Å². The fourth-order valence-corrected chi connectivity index (χ4v) is 2.77. The lowest BCUT2D eigenvalue weighted by atomic mass is 10.2. The molecule has 1 N–H and O–H groups in total. The van der Waals surface area contributed by atoms with E-state index in [1.54, 1.807) is 30.4 Å². The summed E-state index contributed by atoms with van der Waals surface area (Å²) in [6.07, 6.45) is 2.00. The molecule has 2 heterocycles. The maximum Gasteiger partial charge on any atom is 0.416 e. The minimum Gasteiger partial charge on any atom is -0.465 e. The number of rotatable bonds is 3. The van der Waals surface area contributed by atoms with Gasteiger partial charge in [-0.15, -0.1) is 0 Å². The second kappa shape index (κ2) is 7.02. The molecule has 1 aromatic heterocycles. The van der Waals surface area contributed by atoms with Crippen LogP contribution in [0.2, 0.25) is 0 Å². The Morgan fingerprint density at radius 2 is 2.04 bits per heavy atom. The number of aliphatic imine (C=N–C) groups is 1. The first-order valence-electron chi connectivity index (χ1n) is 7.09. The highest BCUT2D eigenvalue weighted by molar-refractivity contribution is 8.18. The Bertz CT molecular complexity index is 868. The molecule has 1 aromatic carbocycles. The van der Waals surface area contributed by atoms with Crippen LogP contribution in [0.25, 0.3) is 6.08 Å². The first-order chi connectivity index (χ1) is 11.9. The molecule has 25 heavy (non-hydrogen) atoms. The van der Waals surface area contributed by atoms with Crippen LogP contribution in [0.1, 0.15) is 11.3 Å². The minimum absolute atomic E-state index is 0.116. The molecule has 1 amide bonds. The van der Waals surface area contributed by atoms with E-state index in [2.05, 4.69) is 10.3 Å². The molecule has 0 aliphatic carbocycles. The molecular formula is C17H11F3N2O2S. The number of carbonyl (C=O) groups excluding carboxylic acids is 1. The molecule has 0 spiro atoms. The molecule has 0 atom stereocenters. The van der Waals surface area contributed by atoms with E-state index in [1.165, 1.54) is 18.4 Å². The summed E-state index contributed by atoms with van der Waals surface area (Å²) in [5, 5.41) is 2.75. The first kappa shape index (κ1) is 17.1. The van der Waals surface area contributed by atoms with Gasteiger partial charge in [0.25, 0.3) is 5.91 Å². The van der Waals surface area contributed by atoms with Crippen molar-refractivity contribution in [1.29, 1.82) is 0 Å². The Morgan fingerprint density at radius 3 is 2.76 bits per heavy atom. The number of hydrogen-bond acceptors (Lipinski definition) is 4. The van der Waals surface area contributed by atoms with Crippen molar-refractivity contribution in [1.82, 2.24) is 5.32 Å². The summed E-state index contributed by atoms with van der Waals surface area (Å²) in [4.78, 5) is 16.3. The van der Waals surface area contributed by atoms with Crippen molar-refractivity contribution in [2.24, 2.45) is 4.99 Å². The fourth-order valence-electron chi connectivity index (χ4n) is 1.98. The van der Waals surface area contributed by atoms with Crippen molar-refractivity contribution < 1.29 is 22.4 Å². The highest BCUT2D eigenvalue weighted by Crippen LogP contribution is 2.32. The number of amides is 1. The number of nitrogens with one attached hydrogen (secondary N) is 1. The molecule has 128 valence electrons. The lowest BCUT2D eigenvalue weighted by Gasteiger charge is -2.06. The first-order valence-corrected chi connectivity index (χ1v) is 7.90. The van der Waals surface area contributed by atoms with Gasteiger partial charge in [-0.3, -0.25) is 4.79 Å². The van der Waals surface area contributed by atoms with Gasteiger partial charge in [0, 0.05) is 0 Å². The van der Waals surface area contributed by atoms with E-state index >= 15 is 0 Å². The molecule has 1 aliphatic heterocycles. The standard InChI is InChI=1S/C17H11F3N2O2S/c18-17(19,20)11-4-1-5-12(10-11)21-16-22-15(23)14(25-16)8-2-6-13-7-3-9-24-13/h1-10H,(H,21,22,23)/b6-2+,14-8+. The third-order valence-electron chi connectivity index (χ3n) is 3.11. The Kier molecular flexibility index (Phi) is 4.80. The number of amidine groups is 1. The summed E-state index contributed by atoms with van der Waals surface area (Å²) in [7, 11) is 0. The van der Waals surface area contributed by atoms with E-state index in [-0.39, 0.29) is 16.8 Å². The van der Waals surface area contributed by atoms with Crippen LogP contribution in [0.5, 0.6) is 0 Å². The summed E-state index contributed by atoms with van der Waals surface area (Å²) < 4.78 is 43.3. The zero-order chi connectivity index (χ0) is 17.9. The Balaban J connectivity index is 1.75. The lowest BCUT2D eigenvalue weighted by Crippen LogP contribution is -2.19. The molecule has 1 aliphatic rings. The number of carbonyl (C=O) groups is 1. The van der Waals surface area contributed by atoms with Crippen LogP contribution in [0.3, 0.4) is 0 Å². The number of furan rings is 1. The molecule has 0 unspecified atom stereocenters. The molecule has 2 aromatic rings. The third-order valence-corrected chi connectivity index (χ3v) is 4.03. The van der Waals surface area contributed by atoms with Crippen molar-refractivity contribution in [2.75, 3.05) is 0 Å². The van der Waals surface area contributed by atoms with E-state index in [0.29, 0.717) is 10.7 Å². The monoisotopic (exact) mass is 364 g/mol. The number of alkyl halides is 3. The SMILES string of the molecule is O=C1NC(=Nc2cccc(C(F)(F)F)c2)S/C1=C/C=C/c1ccco1. The quantitative estimate of drug-likeness (QED) is 0.800. The number of halogens is 3. The van der Waals surface area contributed by atoms with E-state index in [1.807, 2.05) is 0 Å². The van der Waals surface area contributed by atoms with E-state index in [0.717, 1.165) is 23.9 Å². The number of hydrogen-bond donors (Lipinski definition) is 1. The van der Waals surface area contributed by atoms with Crippen molar-refractivity contribution in [3.63, 3.8) is 0 Å². The van der Waals surface area contributed by atoms with Crippen molar-refractivity contribution in [3.8, 4) is 0 Å². The minimum atomic E-state index is -4.44. The van der Waals surface area contributed by atoms with Gasteiger partial charge in [0.05, 0.1) is 22.4 Å². The van der Waals surface area contributed by atoms with Gasteiger partial charge in [-0.1, -0.05) is 12.1 Å². The maximum atomic E-state index is 12.7. The van der Waals surface area contributed by atoms with E-state index in [4.69, 9.17) is 4.42 Å². The smallest absolute Gasteiger partial charge is 0.416 e. The molecule has 8 heteroatoms. The highest BCUT2D eigenvalue weighted by atomic mass is 32.2. The van der Waals surface area contributed by atoms with Crippen LogP contribution in [0.15, 0.2) is 69.1 Å². The van der Waals surface area contributed by atoms with Crippen molar-refractivity contribution in [3.05, 3.63) is 71.0 Å². The molecule has 1 fully saturated rings. The number of thioether (sulfide) groups is 1. The van der Waals surface area contributed by atoms with Crippen LogP contribution in [0, 0.1) is 0 Å². The zero-order valence-corrected chi connectivity index (χ0v) is 13.4. The van der Waals surface area contributed by atoms with Crippen molar-refractivity contribution in [2.45, 2.75) is 6.18 Å². The molecular weight excluding hydrogens is 353 g/mol. The summed E-state index contributed by atoms with van der Waals surface area (Å²) in [5.74, 6) is 0.276. The molecule has 4 nitrogen and oxygen atoms in total. The third kappa shape index (κ3) is 4.42. The molecule has 0 radical (unpaired) electrons. The molecule has 3 rings (SSSR count). The van der Waals surface area contributed by atoms with Crippen LogP contribution in [-0.2, 0) is 11.0 Å². The fraction of sp³-hybridized carbons (Fsp3) is 0.0588. The van der Waals surface area contributed by atoms with Crippen LogP contribution < -0.4 is 5.32 Å². The summed E-state index contributed by atoms with van der Waals surface area (Å²) in [6.45, 7) is 0. The Labute approximate surface area is 145 Å². The second-order valence-corrected chi connectivity index (χ2v) is 5.96. The van der Waals surface area contributed by atoms with Crippen LogP contribution >= 0.6 is 11.8 Å². The average Bonchev–Trinajstić information content (AvgIpc) is 3.17. The second-order valence-electron chi connectivity index (χ2n) is 4.93. The summed E-state index contributed by atoms with van der Waals surface area (Å²) in [6, 6.07) is 8.11. The predicted octanol–water partition coefficient (Wildman–Crippen LogP) is 4.75. The largest absolute Gasteiger partial charge is 0.465 e. The average molecular weight is 364 g/mol. The predicted molar refractivity (Wildman–Crippen MR) is 90.1 cm³/mol. The highest BCUT2D eigenvalue weighted by Gasteiger charge is 2.30. The normalized spacial score (nSPS) is 18.4. The maximum absolute atomic E-state index is 12.7. The van der Waals surface area contributed by atoms with Crippen LogP contribution in [-0.4, -0.2) is 11.1 Å². The van der Waals surface area contributed by atoms with E-state index < -0.39 is 11.7 Å². The van der Waals surface area contributed by atoms with Gasteiger partial charge >= 0.3 is 6.18 Å². The van der Waals surface area contributed by atoms with Gasteiger partial charge in [0.2, 0.25) is 0 Å². The summed E-state index contributed by atoms with van der Waals surface area (Å²) >= 11 is 1.05. The van der Waals surface area contributed by atoms with Crippen LogP contribution in [0.4, 0.5) is 18.9 Å². The van der Waals surface area contributed by atoms with Gasteiger partial charge in [-0.2, -0.15) is 13.2 Å². The number of benzene rings is 1. The van der Waals surface area contributed by atoms with Gasteiger partial charge in [-0.25, -0.2) is 4.99 Å². The number of nitrogens with zero attached hydrogens (tertiary/aromatic N) is 1. The van der Waals surface area contributed by atoms with Gasteiger partial charge in [-0.05, 0) is 54.2 Å². The molecule has 1 saturated heterocycles. The van der Waals surface area contributed by atoms with Gasteiger partial charge < -0.3 is 9.73 Å².